The zero-order valence-corrected chi connectivity index (χ0v) is 24.6. The van der Waals surface area contributed by atoms with Crippen LogP contribution in [0.3, 0.4) is 0 Å². The minimum Gasteiger partial charge on any atom is -0.455 e. The maximum absolute atomic E-state index is 13.1. The Morgan fingerprint density at radius 3 is 2.16 bits per heavy atom. The van der Waals surface area contributed by atoms with E-state index in [4.69, 9.17) is 9.47 Å². The molecule has 0 aromatic heterocycles. The lowest BCUT2D eigenvalue weighted by atomic mass is 9.31. The molecule has 0 spiro atoms. The predicted molar refractivity (Wildman–Crippen MR) is 140 cm³/mol. The lowest BCUT2D eigenvalue weighted by molar-refractivity contribution is -0.259. The lowest BCUT2D eigenvalue weighted by Crippen LogP contribution is -2.68. The normalized spacial score (nSPS) is 52.7. The van der Waals surface area contributed by atoms with E-state index in [2.05, 4.69) is 48.5 Å². The molecule has 1 heterocycles. The van der Waals surface area contributed by atoms with Crippen LogP contribution in [0.1, 0.15) is 113 Å². The zero-order valence-electron chi connectivity index (χ0n) is 24.6. The molecule has 10 atom stereocenters. The third-order valence-corrected chi connectivity index (χ3v) is 14.6. The Bertz CT molecular complexity index is 1000. The Morgan fingerprint density at radius 2 is 1.47 bits per heavy atom. The molecule has 0 amide bonds. The number of carbonyl (C=O) groups excluding carboxylic acids is 1. The molecule has 5 aliphatic carbocycles. The number of carbonyl (C=O) groups is 1. The van der Waals surface area contributed by atoms with Gasteiger partial charge in [-0.15, -0.1) is 0 Å². The standard InChI is InChI=1S/C32H49F3O3/c1-26(2)14-16-31-17-15-29(6)19(23(31)24(26)37-18-31)8-9-21-28(5)12-11-22(38-25(36)32(33,34)35)27(3,4)20(28)10-13-30(21,29)7/h19-24H,8-18H2,1-7H3/t19-,20-,21-,22-,23-,24-,28+,29-,30-,31+/m1/s1. The number of hydrogen-bond acceptors (Lipinski definition) is 3. The molecule has 0 unspecified atom stereocenters. The zero-order chi connectivity index (χ0) is 27.7. The van der Waals surface area contributed by atoms with Crippen molar-refractivity contribution in [1.82, 2.24) is 0 Å². The van der Waals surface area contributed by atoms with Gasteiger partial charge in [0.1, 0.15) is 6.10 Å². The first-order valence-electron chi connectivity index (χ1n) is 15.3. The van der Waals surface area contributed by atoms with Crippen LogP contribution < -0.4 is 0 Å². The second-order valence-corrected chi connectivity index (χ2v) is 16.5. The summed E-state index contributed by atoms with van der Waals surface area (Å²) in [5.74, 6) is 0.0918. The second-order valence-electron chi connectivity index (χ2n) is 16.5. The van der Waals surface area contributed by atoms with E-state index in [-0.39, 0.29) is 27.6 Å². The average Bonchev–Trinajstić information content (AvgIpc) is 3.14. The SMILES string of the molecule is CC1(C)CC[C@@]23CC[C@]4(C)[C@H](CC[C@@H]5[C@@]6(C)CC[C@@H](OC(=O)C(F)(F)F)C(C)(C)[C@H]6CC[C@]54C)[C@@H]2[C@H]1OC3. The summed E-state index contributed by atoms with van der Waals surface area (Å²) in [7, 11) is 0. The van der Waals surface area contributed by atoms with Crippen LogP contribution in [-0.2, 0) is 14.3 Å². The fourth-order valence-corrected chi connectivity index (χ4v) is 12.4. The molecule has 0 aromatic carbocycles. The summed E-state index contributed by atoms with van der Waals surface area (Å²) in [4.78, 5) is 11.8. The summed E-state index contributed by atoms with van der Waals surface area (Å²) in [5, 5.41) is 0. The van der Waals surface area contributed by atoms with Crippen LogP contribution in [0.4, 0.5) is 13.2 Å². The molecule has 6 fully saturated rings. The second kappa shape index (κ2) is 7.94. The molecule has 0 radical (unpaired) electrons. The first-order valence-corrected chi connectivity index (χ1v) is 15.3. The monoisotopic (exact) mass is 538 g/mol. The highest BCUT2D eigenvalue weighted by Crippen LogP contribution is 2.78. The van der Waals surface area contributed by atoms with Gasteiger partial charge in [0, 0.05) is 5.41 Å². The fourth-order valence-electron chi connectivity index (χ4n) is 12.4. The van der Waals surface area contributed by atoms with E-state index in [1.165, 1.54) is 38.5 Å². The van der Waals surface area contributed by atoms with Crippen molar-refractivity contribution in [2.75, 3.05) is 6.61 Å². The van der Waals surface area contributed by atoms with Crippen molar-refractivity contribution in [1.29, 1.82) is 0 Å². The first-order chi connectivity index (χ1) is 17.4. The van der Waals surface area contributed by atoms with E-state index >= 15 is 0 Å². The van der Waals surface area contributed by atoms with Gasteiger partial charge in [0.15, 0.2) is 0 Å². The Balaban J connectivity index is 1.31. The van der Waals surface area contributed by atoms with Crippen LogP contribution in [0.15, 0.2) is 0 Å². The molecule has 1 saturated heterocycles. The number of rotatable bonds is 1. The molecule has 6 rings (SSSR count). The minimum absolute atomic E-state index is 0.0437. The highest BCUT2D eigenvalue weighted by atomic mass is 19.4. The van der Waals surface area contributed by atoms with E-state index in [1.54, 1.807) is 0 Å². The number of ether oxygens (including phenoxy) is 2. The van der Waals surface area contributed by atoms with Crippen LogP contribution >= 0.6 is 0 Å². The molecule has 0 aromatic rings. The fraction of sp³-hybridized carbons (Fsp3) is 0.969. The molecule has 38 heavy (non-hydrogen) atoms. The largest absolute Gasteiger partial charge is 0.490 e. The maximum atomic E-state index is 13.1. The lowest BCUT2D eigenvalue weighted by Gasteiger charge is -2.73. The van der Waals surface area contributed by atoms with Gasteiger partial charge >= 0.3 is 12.1 Å². The van der Waals surface area contributed by atoms with Gasteiger partial charge in [-0.2, -0.15) is 13.2 Å². The van der Waals surface area contributed by atoms with Gasteiger partial charge in [0.25, 0.3) is 0 Å². The van der Waals surface area contributed by atoms with E-state index < -0.39 is 23.7 Å². The third kappa shape index (κ3) is 3.33. The summed E-state index contributed by atoms with van der Waals surface area (Å²) in [6, 6.07) is 0. The number of hydrogen-bond donors (Lipinski definition) is 0. The molecule has 1 aliphatic heterocycles. The molecule has 216 valence electrons. The van der Waals surface area contributed by atoms with Crippen molar-refractivity contribution in [3.63, 3.8) is 0 Å². The van der Waals surface area contributed by atoms with E-state index in [1.807, 2.05) is 0 Å². The third-order valence-electron chi connectivity index (χ3n) is 14.6. The van der Waals surface area contributed by atoms with Gasteiger partial charge in [0.05, 0.1) is 12.7 Å². The van der Waals surface area contributed by atoms with Crippen LogP contribution in [0.5, 0.6) is 0 Å². The Morgan fingerprint density at radius 1 is 0.789 bits per heavy atom. The molecular formula is C32H49F3O3. The number of fused-ring (bicyclic) bond motifs is 5. The van der Waals surface area contributed by atoms with Crippen LogP contribution in [-0.4, -0.2) is 31.0 Å². The van der Waals surface area contributed by atoms with Gasteiger partial charge in [-0.05, 0) is 115 Å². The maximum Gasteiger partial charge on any atom is 0.490 e. The van der Waals surface area contributed by atoms with Crippen LogP contribution in [0.2, 0.25) is 0 Å². The van der Waals surface area contributed by atoms with E-state index in [9.17, 15) is 18.0 Å². The summed E-state index contributed by atoms with van der Waals surface area (Å²) in [6.45, 7) is 17.5. The quantitative estimate of drug-likeness (QED) is 0.315. The molecule has 0 N–H and O–H groups in total. The van der Waals surface area contributed by atoms with Gasteiger partial charge in [-0.25, -0.2) is 4.79 Å². The van der Waals surface area contributed by atoms with Gasteiger partial charge in [0.2, 0.25) is 0 Å². The summed E-state index contributed by atoms with van der Waals surface area (Å²) in [6.07, 6.45) is 5.78. The predicted octanol–water partition coefficient (Wildman–Crippen LogP) is 8.35. The molecule has 5 saturated carbocycles. The van der Waals surface area contributed by atoms with E-state index in [0.29, 0.717) is 35.7 Å². The van der Waals surface area contributed by atoms with Crippen molar-refractivity contribution < 1.29 is 27.4 Å². The average molecular weight is 539 g/mol. The molecule has 3 nitrogen and oxygen atoms in total. The minimum atomic E-state index is -4.94. The molecule has 6 heteroatoms. The van der Waals surface area contributed by atoms with Crippen molar-refractivity contribution >= 4 is 5.97 Å². The Labute approximate surface area is 227 Å². The van der Waals surface area contributed by atoms with Crippen molar-refractivity contribution in [2.24, 2.45) is 56.2 Å². The van der Waals surface area contributed by atoms with Gasteiger partial charge in [-0.3, -0.25) is 0 Å². The summed E-state index contributed by atoms with van der Waals surface area (Å²) < 4.78 is 51.1. The number of esters is 1. The first kappa shape index (κ1) is 27.4. The van der Waals surface area contributed by atoms with Gasteiger partial charge < -0.3 is 9.47 Å². The summed E-state index contributed by atoms with van der Waals surface area (Å²) >= 11 is 0. The highest BCUT2D eigenvalue weighted by Gasteiger charge is 2.73. The molecular weight excluding hydrogens is 489 g/mol. The Kier molecular flexibility index (Phi) is 5.72. The van der Waals surface area contributed by atoms with Crippen molar-refractivity contribution in [3.05, 3.63) is 0 Å². The van der Waals surface area contributed by atoms with Crippen LogP contribution in [0, 0.1) is 56.2 Å². The smallest absolute Gasteiger partial charge is 0.455 e. The van der Waals surface area contributed by atoms with Crippen molar-refractivity contribution in [3.8, 4) is 0 Å². The topological polar surface area (TPSA) is 35.5 Å². The molecule has 2 bridgehead atoms. The van der Waals surface area contributed by atoms with Gasteiger partial charge in [-0.1, -0.05) is 48.5 Å². The van der Waals surface area contributed by atoms with Crippen molar-refractivity contribution in [2.45, 2.75) is 131 Å². The summed E-state index contributed by atoms with van der Waals surface area (Å²) in [5.41, 5.74) is 0.625. The highest BCUT2D eigenvalue weighted by molar-refractivity contribution is 5.75. The van der Waals surface area contributed by atoms with E-state index in [0.717, 1.165) is 25.9 Å². The Hall–Kier alpha value is -0.780. The number of alkyl halides is 3. The molecule has 6 aliphatic rings. The number of halogens is 3. The van der Waals surface area contributed by atoms with Crippen LogP contribution in [0.25, 0.3) is 0 Å².